The van der Waals surface area contributed by atoms with Crippen molar-refractivity contribution in [2.75, 3.05) is 12.9 Å². The number of hydrogen-bond acceptors (Lipinski definition) is 3. The second-order valence-electron chi connectivity index (χ2n) is 4.67. The lowest BCUT2D eigenvalue weighted by Crippen LogP contribution is -2.26. The molecule has 0 saturated heterocycles. The number of halogens is 2. The van der Waals surface area contributed by atoms with Crippen LogP contribution < -0.4 is 10.5 Å². The van der Waals surface area contributed by atoms with Crippen LogP contribution in [0, 0.1) is 5.82 Å². The van der Waals surface area contributed by atoms with Crippen molar-refractivity contribution in [1.82, 2.24) is 0 Å². The van der Waals surface area contributed by atoms with E-state index in [0.29, 0.717) is 22.8 Å². The Labute approximate surface area is 133 Å². The summed E-state index contributed by atoms with van der Waals surface area (Å²) in [6.07, 6.45) is 0.469. The van der Waals surface area contributed by atoms with Crippen LogP contribution in [0.3, 0.4) is 0 Å². The van der Waals surface area contributed by atoms with Gasteiger partial charge in [0.25, 0.3) is 0 Å². The Morgan fingerprint density at radius 3 is 2.76 bits per heavy atom. The Hall–Kier alpha value is -1.23. The van der Waals surface area contributed by atoms with Gasteiger partial charge in [0.2, 0.25) is 0 Å². The van der Waals surface area contributed by atoms with Gasteiger partial charge in [0.05, 0.1) is 7.11 Å². The standard InChI is InChI=1S/C16H17ClFNOS/c1-20-15-7-2-4-11(16(15)18)8-13(19)10-21-14-6-3-5-12(17)9-14/h2-7,9,13H,8,10,19H2,1H3. The molecule has 0 aliphatic heterocycles. The fourth-order valence-electron chi connectivity index (χ4n) is 1.97. The summed E-state index contributed by atoms with van der Waals surface area (Å²) < 4.78 is 19.0. The first kappa shape index (κ1) is 16.1. The molecule has 0 amide bonds. The van der Waals surface area contributed by atoms with Crippen LogP contribution in [-0.2, 0) is 6.42 Å². The molecule has 2 rings (SSSR count). The van der Waals surface area contributed by atoms with Crippen LogP contribution in [0.15, 0.2) is 47.4 Å². The van der Waals surface area contributed by atoms with Gasteiger partial charge in [-0.2, -0.15) is 0 Å². The highest BCUT2D eigenvalue weighted by molar-refractivity contribution is 7.99. The van der Waals surface area contributed by atoms with Crippen LogP contribution in [0.25, 0.3) is 0 Å². The van der Waals surface area contributed by atoms with E-state index in [0.717, 1.165) is 4.90 Å². The minimum Gasteiger partial charge on any atom is -0.494 e. The summed E-state index contributed by atoms with van der Waals surface area (Å²) in [5.41, 5.74) is 6.67. The predicted molar refractivity (Wildman–Crippen MR) is 86.8 cm³/mol. The molecule has 21 heavy (non-hydrogen) atoms. The Morgan fingerprint density at radius 2 is 2.05 bits per heavy atom. The molecule has 0 bridgehead atoms. The highest BCUT2D eigenvalue weighted by Gasteiger charge is 2.12. The van der Waals surface area contributed by atoms with Crippen LogP contribution in [0.4, 0.5) is 4.39 Å². The lowest BCUT2D eigenvalue weighted by molar-refractivity contribution is 0.383. The quantitative estimate of drug-likeness (QED) is 0.810. The average molecular weight is 326 g/mol. The molecule has 5 heteroatoms. The lowest BCUT2D eigenvalue weighted by atomic mass is 10.1. The van der Waals surface area contributed by atoms with Gasteiger partial charge in [0.15, 0.2) is 11.6 Å². The summed E-state index contributed by atoms with van der Waals surface area (Å²) in [5, 5.41) is 0.701. The van der Waals surface area contributed by atoms with Crippen LogP contribution in [0.2, 0.25) is 5.02 Å². The number of nitrogens with two attached hydrogens (primary N) is 1. The van der Waals surface area contributed by atoms with Gasteiger partial charge in [-0.3, -0.25) is 0 Å². The van der Waals surface area contributed by atoms with E-state index >= 15 is 0 Å². The number of ether oxygens (including phenoxy) is 1. The van der Waals surface area contributed by atoms with Crippen LogP contribution >= 0.6 is 23.4 Å². The van der Waals surface area contributed by atoms with Gasteiger partial charge in [-0.1, -0.05) is 29.8 Å². The van der Waals surface area contributed by atoms with Gasteiger partial charge in [-0.15, -0.1) is 11.8 Å². The predicted octanol–water partition coefficient (Wildman–Crippen LogP) is 4.15. The third-order valence-corrected chi connectivity index (χ3v) is 4.42. The molecular formula is C16H17ClFNOS. The van der Waals surface area contributed by atoms with Crippen LogP contribution in [-0.4, -0.2) is 18.9 Å². The molecule has 0 aliphatic rings. The highest BCUT2D eigenvalue weighted by atomic mass is 35.5. The molecule has 0 saturated carbocycles. The smallest absolute Gasteiger partial charge is 0.168 e. The minimum absolute atomic E-state index is 0.143. The maximum atomic E-state index is 14.0. The molecule has 0 fully saturated rings. The molecule has 2 aromatic carbocycles. The summed E-state index contributed by atoms with van der Waals surface area (Å²) in [4.78, 5) is 1.06. The molecule has 1 unspecified atom stereocenters. The molecule has 0 heterocycles. The first-order chi connectivity index (χ1) is 10.1. The third kappa shape index (κ3) is 4.63. The molecule has 1 atom stereocenters. The molecule has 2 aromatic rings. The Balaban J connectivity index is 1.94. The van der Waals surface area contributed by atoms with E-state index in [1.54, 1.807) is 30.0 Å². The third-order valence-electron chi connectivity index (χ3n) is 3.01. The number of rotatable bonds is 6. The van der Waals surface area contributed by atoms with E-state index in [1.165, 1.54) is 7.11 Å². The fourth-order valence-corrected chi connectivity index (χ4v) is 3.14. The van der Waals surface area contributed by atoms with E-state index < -0.39 is 0 Å². The number of benzene rings is 2. The zero-order valence-corrected chi connectivity index (χ0v) is 13.3. The largest absolute Gasteiger partial charge is 0.494 e. The molecule has 0 aromatic heterocycles. The molecule has 0 radical (unpaired) electrons. The Morgan fingerprint density at radius 1 is 1.29 bits per heavy atom. The first-order valence-electron chi connectivity index (χ1n) is 6.55. The van der Waals surface area contributed by atoms with Gasteiger partial charge in [-0.25, -0.2) is 4.39 Å². The van der Waals surface area contributed by atoms with Crippen LogP contribution in [0.1, 0.15) is 5.56 Å². The SMILES string of the molecule is COc1cccc(CC(N)CSc2cccc(Cl)c2)c1F. The van der Waals surface area contributed by atoms with Crippen LogP contribution in [0.5, 0.6) is 5.75 Å². The normalized spacial score (nSPS) is 12.2. The van der Waals surface area contributed by atoms with Crippen molar-refractivity contribution in [2.24, 2.45) is 5.73 Å². The Bertz CT molecular complexity index is 609. The van der Waals surface area contributed by atoms with Crippen molar-refractivity contribution in [2.45, 2.75) is 17.4 Å². The molecule has 0 spiro atoms. The van der Waals surface area contributed by atoms with Crippen molar-refractivity contribution in [1.29, 1.82) is 0 Å². The zero-order chi connectivity index (χ0) is 15.2. The summed E-state index contributed by atoms with van der Waals surface area (Å²) >= 11 is 7.55. The number of methoxy groups -OCH3 is 1. The van der Waals surface area contributed by atoms with Crippen molar-refractivity contribution >= 4 is 23.4 Å². The van der Waals surface area contributed by atoms with Crippen molar-refractivity contribution in [3.8, 4) is 5.75 Å². The van der Waals surface area contributed by atoms with E-state index in [4.69, 9.17) is 22.1 Å². The summed E-state index contributed by atoms with van der Waals surface area (Å²) in [6, 6.07) is 12.6. The summed E-state index contributed by atoms with van der Waals surface area (Å²) in [5.74, 6) is 0.613. The fraction of sp³-hybridized carbons (Fsp3) is 0.250. The van der Waals surface area contributed by atoms with Crippen molar-refractivity contribution in [3.63, 3.8) is 0 Å². The summed E-state index contributed by atoms with van der Waals surface area (Å²) in [6.45, 7) is 0. The highest BCUT2D eigenvalue weighted by Crippen LogP contribution is 2.24. The van der Waals surface area contributed by atoms with Gasteiger partial charge < -0.3 is 10.5 Å². The van der Waals surface area contributed by atoms with Crippen molar-refractivity contribution in [3.05, 3.63) is 58.9 Å². The maximum absolute atomic E-state index is 14.0. The van der Waals surface area contributed by atoms with Crippen molar-refractivity contribution < 1.29 is 9.13 Å². The maximum Gasteiger partial charge on any atom is 0.168 e. The number of thioether (sulfide) groups is 1. The molecule has 0 aliphatic carbocycles. The van der Waals surface area contributed by atoms with E-state index in [9.17, 15) is 4.39 Å². The topological polar surface area (TPSA) is 35.2 Å². The van der Waals surface area contributed by atoms with E-state index in [2.05, 4.69) is 0 Å². The van der Waals surface area contributed by atoms with Gasteiger partial charge in [0, 0.05) is 21.7 Å². The number of hydrogen-bond donors (Lipinski definition) is 1. The molecule has 2 nitrogen and oxygen atoms in total. The zero-order valence-electron chi connectivity index (χ0n) is 11.7. The van der Waals surface area contributed by atoms with Gasteiger partial charge in [-0.05, 0) is 36.2 Å². The summed E-state index contributed by atoms with van der Waals surface area (Å²) in [7, 11) is 1.46. The second-order valence-corrected chi connectivity index (χ2v) is 6.20. The Kier molecular flexibility index (Phi) is 5.91. The second kappa shape index (κ2) is 7.69. The van der Waals surface area contributed by atoms with E-state index in [-0.39, 0.29) is 17.6 Å². The molecule has 2 N–H and O–H groups in total. The van der Waals surface area contributed by atoms with Gasteiger partial charge >= 0.3 is 0 Å². The average Bonchev–Trinajstić information content (AvgIpc) is 2.47. The van der Waals surface area contributed by atoms with E-state index in [1.807, 2.05) is 24.3 Å². The molecular weight excluding hydrogens is 309 g/mol. The van der Waals surface area contributed by atoms with Gasteiger partial charge in [0.1, 0.15) is 0 Å². The monoisotopic (exact) mass is 325 g/mol. The lowest BCUT2D eigenvalue weighted by Gasteiger charge is -2.13. The first-order valence-corrected chi connectivity index (χ1v) is 7.92. The molecule has 112 valence electrons. The minimum atomic E-state index is -0.330.